The van der Waals surface area contributed by atoms with Gasteiger partial charge in [0, 0.05) is 30.6 Å². The molecule has 1 aliphatic heterocycles. The molecule has 3 atom stereocenters. The third kappa shape index (κ3) is 10.9. The lowest BCUT2D eigenvalue weighted by Gasteiger charge is -2.32. The van der Waals surface area contributed by atoms with E-state index in [0.29, 0.717) is 11.9 Å². The highest BCUT2D eigenvalue weighted by Crippen LogP contribution is 2.34. The number of hydrogen-bond donors (Lipinski definition) is 4. The number of aliphatic carboxylic acids is 1. The molecule has 8 heteroatoms. The Morgan fingerprint density at radius 1 is 1.22 bits per heavy atom. The number of thioether (sulfide) groups is 1. The number of carbonyl (C=O) groups is 2. The molecular weight excluding hydrogens is 366 g/mol. The first-order chi connectivity index (χ1) is 13.0. The summed E-state index contributed by atoms with van der Waals surface area (Å²) >= 11 is 1.82. The minimum Gasteiger partial charge on any atom is -0.481 e. The number of carboxylic acid groups (broad SMARTS) is 1. The molecule has 7 nitrogen and oxygen atoms in total. The van der Waals surface area contributed by atoms with Crippen LogP contribution in [0, 0.1) is 0 Å². The zero-order valence-electron chi connectivity index (χ0n) is 17.2. The third-order valence-corrected chi connectivity index (χ3v) is 6.21. The van der Waals surface area contributed by atoms with Gasteiger partial charge in [0.25, 0.3) is 0 Å². The summed E-state index contributed by atoms with van der Waals surface area (Å²) in [5, 5.41) is 14.9. The Morgan fingerprint density at radius 2 is 1.85 bits per heavy atom. The van der Waals surface area contributed by atoms with Gasteiger partial charge in [0.1, 0.15) is 0 Å². The van der Waals surface area contributed by atoms with Gasteiger partial charge < -0.3 is 26.2 Å². The number of ether oxygens (including phenoxy) is 1. The quantitative estimate of drug-likeness (QED) is 0.188. The topological polar surface area (TPSA) is 114 Å². The van der Waals surface area contributed by atoms with Crippen molar-refractivity contribution in [2.75, 3.05) is 26.0 Å². The van der Waals surface area contributed by atoms with E-state index in [1.54, 1.807) is 0 Å². The Bertz CT molecular complexity index is 401. The Hall–Kier alpha value is -0.830. The van der Waals surface area contributed by atoms with E-state index in [4.69, 9.17) is 15.6 Å². The summed E-state index contributed by atoms with van der Waals surface area (Å²) in [4.78, 5) is 21.2. The molecule has 0 spiro atoms. The fourth-order valence-electron chi connectivity index (χ4n) is 3.06. The van der Waals surface area contributed by atoms with Crippen LogP contribution in [0.25, 0.3) is 0 Å². The minimum atomic E-state index is -0.728. The highest BCUT2D eigenvalue weighted by Gasteiger charge is 2.45. The number of amides is 1. The lowest BCUT2D eigenvalue weighted by molar-refractivity contribution is -0.137. The number of unbranched alkanes of at least 4 members (excludes halogenated alkanes) is 4. The molecule has 1 heterocycles. The molecule has 1 saturated heterocycles. The molecule has 0 aromatic rings. The van der Waals surface area contributed by atoms with Crippen LogP contribution in [-0.4, -0.2) is 60.5 Å². The van der Waals surface area contributed by atoms with Crippen LogP contribution in [-0.2, 0) is 14.3 Å². The summed E-state index contributed by atoms with van der Waals surface area (Å²) in [6, 6.07) is -0.0398. The van der Waals surface area contributed by atoms with Gasteiger partial charge in [-0.3, -0.25) is 9.59 Å². The van der Waals surface area contributed by atoms with Gasteiger partial charge in [-0.25, -0.2) is 0 Å². The SMILES string of the molecule is CC.CNC1(N)CS[C@@H](CCCCCOCCCCCC(=O)O)C1NC=O. The summed E-state index contributed by atoms with van der Waals surface area (Å²) in [5.74, 6) is 0.0681. The smallest absolute Gasteiger partial charge is 0.303 e. The van der Waals surface area contributed by atoms with Crippen molar-refractivity contribution in [1.82, 2.24) is 10.6 Å². The van der Waals surface area contributed by atoms with Crippen molar-refractivity contribution < 1.29 is 19.4 Å². The lowest BCUT2D eigenvalue weighted by atomic mass is 9.97. The number of rotatable bonds is 15. The number of nitrogens with one attached hydrogen (secondary N) is 2. The van der Waals surface area contributed by atoms with Crippen LogP contribution in [0.5, 0.6) is 0 Å². The van der Waals surface area contributed by atoms with E-state index in [2.05, 4.69) is 10.6 Å². The van der Waals surface area contributed by atoms with E-state index in [1.165, 1.54) is 0 Å². The molecule has 0 saturated carbocycles. The van der Waals surface area contributed by atoms with Gasteiger partial charge in [-0.15, -0.1) is 0 Å². The van der Waals surface area contributed by atoms with Gasteiger partial charge in [0.05, 0.1) is 11.7 Å². The fourth-order valence-corrected chi connectivity index (χ4v) is 4.72. The molecule has 0 aromatic heterocycles. The lowest BCUT2D eigenvalue weighted by Crippen LogP contribution is -2.65. The Morgan fingerprint density at radius 3 is 2.41 bits per heavy atom. The highest BCUT2D eigenvalue weighted by atomic mass is 32.2. The van der Waals surface area contributed by atoms with Crippen molar-refractivity contribution in [3.05, 3.63) is 0 Å². The second-order valence-electron chi connectivity index (χ2n) is 6.57. The average Bonchev–Trinajstić information content (AvgIpc) is 2.98. The van der Waals surface area contributed by atoms with Crippen molar-refractivity contribution in [2.24, 2.45) is 5.73 Å². The van der Waals surface area contributed by atoms with Crippen molar-refractivity contribution in [3.8, 4) is 0 Å². The van der Waals surface area contributed by atoms with Gasteiger partial charge in [0.15, 0.2) is 0 Å². The van der Waals surface area contributed by atoms with E-state index in [1.807, 2.05) is 32.7 Å². The summed E-state index contributed by atoms with van der Waals surface area (Å²) in [5.41, 5.74) is 5.78. The summed E-state index contributed by atoms with van der Waals surface area (Å²) in [7, 11) is 1.83. The predicted molar refractivity (Wildman–Crippen MR) is 112 cm³/mol. The molecule has 0 aliphatic carbocycles. The molecule has 27 heavy (non-hydrogen) atoms. The predicted octanol–water partition coefficient (Wildman–Crippen LogP) is 2.34. The minimum absolute atomic E-state index is 0.0398. The average molecular weight is 406 g/mol. The first kappa shape index (κ1) is 26.2. The van der Waals surface area contributed by atoms with Crippen LogP contribution in [0.2, 0.25) is 0 Å². The number of hydrogen-bond acceptors (Lipinski definition) is 6. The number of likely N-dealkylation sites (N-methyl/N-ethyl adjacent to an activating group) is 1. The first-order valence-electron chi connectivity index (χ1n) is 10.1. The van der Waals surface area contributed by atoms with E-state index in [9.17, 15) is 9.59 Å². The Balaban J connectivity index is 0.00000326. The van der Waals surface area contributed by atoms with Crippen molar-refractivity contribution in [2.45, 2.75) is 82.2 Å². The molecule has 2 unspecified atom stereocenters. The summed E-state index contributed by atoms with van der Waals surface area (Å²) < 4.78 is 5.58. The van der Waals surface area contributed by atoms with E-state index >= 15 is 0 Å². The molecule has 1 rings (SSSR count). The van der Waals surface area contributed by atoms with Crippen molar-refractivity contribution in [3.63, 3.8) is 0 Å². The van der Waals surface area contributed by atoms with Crippen molar-refractivity contribution >= 4 is 24.1 Å². The number of carboxylic acids is 1. The molecule has 1 aliphatic rings. The van der Waals surface area contributed by atoms with Crippen LogP contribution < -0.4 is 16.4 Å². The molecule has 0 bridgehead atoms. The monoisotopic (exact) mass is 405 g/mol. The van der Waals surface area contributed by atoms with Gasteiger partial charge >= 0.3 is 5.97 Å². The van der Waals surface area contributed by atoms with Gasteiger partial charge in [-0.1, -0.05) is 33.1 Å². The second kappa shape index (κ2) is 16.2. The first-order valence-corrected chi connectivity index (χ1v) is 11.2. The zero-order chi connectivity index (χ0) is 20.5. The van der Waals surface area contributed by atoms with Crippen LogP contribution in [0.15, 0.2) is 0 Å². The molecule has 160 valence electrons. The maximum Gasteiger partial charge on any atom is 0.303 e. The maximum atomic E-state index is 10.8. The molecule has 5 N–H and O–H groups in total. The summed E-state index contributed by atoms with van der Waals surface area (Å²) in [6.07, 6.45) is 7.80. The highest BCUT2D eigenvalue weighted by molar-refractivity contribution is 8.00. The van der Waals surface area contributed by atoms with Crippen molar-refractivity contribution in [1.29, 1.82) is 0 Å². The molecular formula is C19H39N3O4S. The Kier molecular flexibility index (Phi) is 15.7. The fraction of sp³-hybridized carbons (Fsp3) is 0.895. The molecule has 1 amide bonds. The van der Waals surface area contributed by atoms with Crippen LogP contribution in [0.1, 0.15) is 65.2 Å². The van der Waals surface area contributed by atoms with Crippen LogP contribution >= 0.6 is 11.8 Å². The van der Waals surface area contributed by atoms with E-state index in [-0.39, 0.29) is 12.5 Å². The van der Waals surface area contributed by atoms with E-state index < -0.39 is 11.6 Å². The summed E-state index contributed by atoms with van der Waals surface area (Å²) in [6.45, 7) is 5.46. The van der Waals surface area contributed by atoms with Gasteiger partial charge in [-0.2, -0.15) is 11.8 Å². The molecule has 0 radical (unpaired) electrons. The van der Waals surface area contributed by atoms with Gasteiger partial charge in [0.2, 0.25) is 6.41 Å². The molecule has 1 fully saturated rings. The van der Waals surface area contributed by atoms with Crippen LogP contribution in [0.4, 0.5) is 0 Å². The van der Waals surface area contributed by atoms with Gasteiger partial charge in [-0.05, 0) is 32.7 Å². The largest absolute Gasteiger partial charge is 0.481 e. The number of carbonyl (C=O) groups excluding carboxylic acids is 1. The molecule has 0 aromatic carbocycles. The maximum absolute atomic E-state index is 10.8. The standard InChI is InChI=1S/C17H33N3O4S.C2H6/c1-19-17(18)12-25-14(16(17)20-13-21)8-4-2-6-10-24-11-7-3-5-9-15(22)23;1-2/h13-14,16,19H,2-12,18H2,1H3,(H,20,21)(H,22,23);1-2H3/t14-,16?,17?;/m0./s1. The normalized spacial score (nSPS) is 24.1. The Labute approximate surface area is 168 Å². The number of nitrogens with two attached hydrogens (primary N) is 1. The van der Waals surface area contributed by atoms with Crippen LogP contribution in [0.3, 0.4) is 0 Å². The second-order valence-corrected chi connectivity index (χ2v) is 7.80. The zero-order valence-corrected chi connectivity index (χ0v) is 18.0. The third-order valence-electron chi connectivity index (χ3n) is 4.63. The van der Waals surface area contributed by atoms with E-state index in [0.717, 1.165) is 63.7 Å².